The van der Waals surface area contributed by atoms with E-state index in [4.69, 9.17) is 5.73 Å². The third-order valence-electron chi connectivity index (χ3n) is 4.32. The molecule has 1 atom stereocenters. The Labute approximate surface area is 110 Å². The quantitative estimate of drug-likeness (QED) is 0.777. The van der Waals surface area contributed by atoms with Crippen LogP contribution in [-0.2, 0) is 0 Å². The van der Waals surface area contributed by atoms with Crippen molar-refractivity contribution < 1.29 is 0 Å². The molecule has 0 bridgehead atoms. The van der Waals surface area contributed by atoms with Gasteiger partial charge in [-0.25, -0.2) is 0 Å². The Morgan fingerprint density at radius 1 is 1.17 bits per heavy atom. The van der Waals surface area contributed by atoms with Crippen LogP contribution in [0.5, 0.6) is 0 Å². The van der Waals surface area contributed by atoms with Crippen LogP contribution in [0.4, 0.5) is 5.69 Å². The zero-order chi connectivity index (χ0) is 12.5. The van der Waals surface area contributed by atoms with E-state index in [0.717, 1.165) is 17.5 Å². The molecule has 3 rings (SSSR count). The molecule has 98 valence electrons. The number of rotatable bonds is 6. The van der Waals surface area contributed by atoms with Gasteiger partial charge in [0.25, 0.3) is 0 Å². The van der Waals surface area contributed by atoms with Gasteiger partial charge in [0.1, 0.15) is 0 Å². The second-order valence-corrected chi connectivity index (χ2v) is 6.19. The molecule has 1 aromatic carbocycles. The van der Waals surface area contributed by atoms with Crippen molar-refractivity contribution in [2.45, 2.75) is 38.6 Å². The highest BCUT2D eigenvalue weighted by molar-refractivity contribution is 5.41. The first-order chi connectivity index (χ1) is 8.72. The van der Waals surface area contributed by atoms with Crippen LogP contribution in [0.25, 0.3) is 0 Å². The molecule has 18 heavy (non-hydrogen) atoms. The van der Waals surface area contributed by atoms with E-state index >= 15 is 0 Å². The van der Waals surface area contributed by atoms with Crippen molar-refractivity contribution in [1.29, 1.82) is 0 Å². The summed E-state index contributed by atoms with van der Waals surface area (Å²) in [5, 5.41) is 0. The Morgan fingerprint density at radius 2 is 1.78 bits per heavy atom. The summed E-state index contributed by atoms with van der Waals surface area (Å²) in [6.45, 7) is 4.90. The Hall–Kier alpha value is -1.02. The molecule has 0 aromatic heterocycles. The minimum absolute atomic E-state index is 0.509. The van der Waals surface area contributed by atoms with E-state index in [1.165, 1.54) is 44.3 Å². The third-order valence-corrected chi connectivity index (χ3v) is 4.32. The molecule has 2 fully saturated rings. The Morgan fingerprint density at radius 3 is 2.28 bits per heavy atom. The highest BCUT2D eigenvalue weighted by Gasteiger charge is 2.31. The number of hydrogen-bond acceptors (Lipinski definition) is 2. The van der Waals surface area contributed by atoms with Crippen LogP contribution in [0.1, 0.15) is 44.2 Å². The van der Waals surface area contributed by atoms with Crippen LogP contribution in [0, 0.1) is 11.8 Å². The van der Waals surface area contributed by atoms with Crippen LogP contribution in [0.3, 0.4) is 0 Å². The lowest BCUT2D eigenvalue weighted by Crippen LogP contribution is -2.31. The van der Waals surface area contributed by atoms with Gasteiger partial charge in [0.2, 0.25) is 0 Å². The van der Waals surface area contributed by atoms with Gasteiger partial charge in [-0.1, -0.05) is 12.1 Å². The van der Waals surface area contributed by atoms with Crippen LogP contribution in [0.15, 0.2) is 24.3 Å². The van der Waals surface area contributed by atoms with Gasteiger partial charge < -0.3 is 5.73 Å². The minimum Gasteiger partial charge on any atom is -0.399 e. The molecule has 2 heteroatoms. The monoisotopic (exact) mass is 244 g/mol. The van der Waals surface area contributed by atoms with Gasteiger partial charge in [-0.2, -0.15) is 0 Å². The molecule has 0 saturated heterocycles. The molecule has 2 N–H and O–H groups in total. The zero-order valence-electron chi connectivity index (χ0n) is 11.3. The summed E-state index contributed by atoms with van der Waals surface area (Å²) in [7, 11) is 0. The molecule has 1 aromatic rings. The fourth-order valence-corrected chi connectivity index (χ4v) is 2.68. The van der Waals surface area contributed by atoms with Gasteiger partial charge in [0.15, 0.2) is 0 Å². The summed E-state index contributed by atoms with van der Waals surface area (Å²) in [4.78, 5) is 2.68. The van der Waals surface area contributed by atoms with Crippen LogP contribution in [0.2, 0.25) is 0 Å². The SMILES string of the molecule is CC(c1cccc(N)c1)N(CC1CC1)CC1CC1. The molecule has 0 radical (unpaired) electrons. The molecular weight excluding hydrogens is 220 g/mol. The minimum atomic E-state index is 0.509. The van der Waals surface area contributed by atoms with E-state index in [1.807, 2.05) is 6.07 Å². The average molecular weight is 244 g/mol. The number of nitrogens with two attached hydrogens (primary N) is 1. The van der Waals surface area contributed by atoms with E-state index in [2.05, 4.69) is 30.0 Å². The van der Waals surface area contributed by atoms with Crippen molar-refractivity contribution in [3.63, 3.8) is 0 Å². The first-order valence-corrected chi connectivity index (χ1v) is 7.32. The highest BCUT2D eigenvalue weighted by Crippen LogP contribution is 2.37. The molecule has 2 aliphatic carbocycles. The summed E-state index contributed by atoms with van der Waals surface area (Å²) in [6.07, 6.45) is 5.74. The Kier molecular flexibility index (Phi) is 3.29. The van der Waals surface area contributed by atoms with Crippen molar-refractivity contribution in [2.24, 2.45) is 11.8 Å². The zero-order valence-corrected chi connectivity index (χ0v) is 11.3. The van der Waals surface area contributed by atoms with Crippen molar-refractivity contribution in [1.82, 2.24) is 4.90 Å². The second kappa shape index (κ2) is 4.93. The van der Waals surface area contributed by atoms with E-state index in [9.17, 15) is 0 Å². The van der Waals surface area contributed by atoms with Crippen molar-refractivity contribution in [3.8, 4) is 0 Å². The molecule has 2 nitrogen and oxygen atoms in total. The predicted molar refractivity (Wildman–Crippen MR) is 76.3 cm³/mol. The van der Waals surface area contributed by atoms with Crippen molar-refractivity contribution in [3.05, 3.63) is 29.8 Å². The number of benzene rings is 1. The van der Waals surface area contributed by atoms with Gasteiger partial charge in [0.05, 0.1) is 0 Å². The van der Waals surface area contributed by atoms with Gasteiger partial charge >= 0.3 is 0 Å². The lowest BCUT2D eigenvalue weighted by Gasteiger charge is -2.29. The number of nitrogen functional groups attached to an aromatic ring is 1. The maximum absolute atomic E-state index is 5.91. The number of anilines is 1. The highest BCUT2D eigenvalue weighted by atomic mass is 15.2. The summed E-state index contributed by atoms with van der Waals surface area (Å²) in [6, 6.07) is 8.91. The summed E-state index contributed by atoms with van der Waals surface area (Å²) < 4.78 is 0. The summed E-state index contributed by atoms with van der Waals surface area (Å²) in [5.41, 5.74) is 8.16. The van der Waals surface area contributed by atoms with Crippen molar-refractivity contribution >= 4 is 5.69 Å². The fourth-order valence-electron chi connectivity index (χ4n) is 2.68. The maximum Gasteiger partial charge on any atom is 0.0320 e. The van der Waals surface area contributed by atoms with Crippen LogP contribution in [-0.4, -0.2) is 18.0 Å². The molecule has 2 saturated carbocycles. The van der Waals surface area contributed by atoms with E-state index in [1.54, 1.807) is 0 Å². The molecule has 0 aliphatic heterocycles. The fraction of sp³-hybridized carbons (Fsp3) is 0.625. The second-order valence-electron chi connectivity index (χ2n) is 6.19. The average Bonchev–Trinajstić information content (AvgIpc) is 3.22. The first kappa shape index (κ1) is 12.0. The molecular formula is C16H24N2. The van der Waals surface area contributed by atoms with Gasteiger partial charge in [-0.05, 0) is 62.1 Å². The lowest BCUT2D eigenvalue weighted by molar-refractivity contribution is 0.193. The Bertz CT molecular complexity index is 393. The van der Waals surface area contributed by atoms with Crippen LogP contribution < -0.4 is 5.73 Å². The normalized spacial score (nSPS) is 21.2. The van der Waals surface area contributed by atoms with Gasteiger partial charge in [0, 0.05) is 24.8 Å². The van der Waals surface area contributed by atoms with E-state index < -0.39 is 0 Å². The Balaban J connectivity index is 1.70. The number of hydrogen-bond donors (Lipinski definition) is 1. The molecule has 0 spiro atoms. The number of nitrogens with zero attached hydrogens (tertiary/aromatic N) is 1. The van der Waals surface area contributed by atoms with E-state index in [-0.39, 0.29) is 0 Å². The molecule has 2 aliphatic rings. The standard InChI is InChI=1S/C16H24N2/c1-12(15-3-2-4-16(17)9-15)18(10-13-5-6-13)11-14-7-8-14/h2-4,9,12-14H,5-8,10-11,17H2,1H3. The van der Waals surface area contributed by atoms with E-state index in [0.29, 0.717) is 6.04 Å². The lowest BCUT2D eigenvalue weighted by atomic mass is 10.1. The van der Waals surface area contributed by atoms with Gasteiger partial charge in [-0.3, -0.25) is 4.90 Å². The topological polar surface area (TPSA) is 29.3 Å². The van der Waals surface area contributed by atoms with Crippen LogP contribution >= 0.6 is 0 Å². The summed E-state index contributed by atoms with van der Waals surface area (Å²) in [5.74, 6) is 1.93. The maximum atomic E-state index is 5.91. The molecule has 1 unspecified atom stereocenters. The predicted octanol–water partition coefficient (Wildman–Crippen LogP) is 3.45. The largest absolute Gasteiger partial charge is 0.399 e. The molecule has 0 heterocycles. The summed E-state index contributed by atoms with van der Waals surface area (Å²) >= 11 is 0. The third kappa shape index (κ3) is 3.05. The smallest absolute Gasteiger partial charge is 0.0320 e. The first-order valence-electron chi connectivity index (χ1n) is 7.32. The van der Waals surface area contributed by atoms with Gasteiger partial charge in [-0.15, -0.1) is 0 Å². The molecule has 0 amide bonds. The van der Waals surface area contributed by atoms with Crippen molar-refractivity contribution in [2.75, 3.05) is 18.8 Å².